The van der Waals surface area contributed by atoms with Gasteiger partial charge in [0.2, 0.25) is 11.8 Å². The molecule has 0 aromatic heterocycles. The Morgan fingerprint density at radius 1 is 1.17 bits per heavy atom. The summed E-state index contributed by atoms with van der Waals surface area (Å²) in [4.78, 5) is 21.8. The minimum atomic E-state index is -1.69. The Hall–Kier alpha value is -1.26. The zero-order chi connectivity index (χ0) is 14.0. The Labute approximate surface area is 102 Å². The second kappa shape index (κ2) is 5.59. The maximum absolute atomic E-state index is 11.0. The van der Waals surface area contributed by atoms with E-state index in [1.54, 1.807) is 0 Å². The Bertz CT molecular complexity index is 337. The summed E-state index contributed by atoms with van der Waals surface area (Å²) >= 11 is 0. The van der Waals surface area contributed by atoms with Crippen LogP contribution in [-0.4, -0.2) is 63.9 Å². The average molecular weight is 264 g/mol. The van der Waals surface area contributed by atoms with Gasteiger partial charge in [-0.3, -0.25) is 9.59 Å². The van der Waals surface area contributed by atoms with Crippen molar-refractivity contribution in [3.8, 4) is 0 Å². The average Bonchev–Trinajstić information content (AvgIpc) is 2.29. The van der Waals surface area contributed by atoms with E-state index in [0.29, 0.717) is 0 Å². The molecule has 6 atom stereocenters. The fourth-order valence-corrected chi connectivity index (χ4v) is 1.46. The molecular weight excluding hydrogens is 248 g/mol. The number of ether oxygens (including phenoxy) is 2. The third kappa shape index (κ3) is 2.94. The fraction of sp³-hybridized carbons (Fsp3) is 0.778. The molecule has 0 bridgehead atoms. The Kier molecular flexibility index (Phi) is 4.59. The molecule has 0 radical (unpaired) electrons. The first kappa shape index (κ1) is 14.8. The summed E-state index contributed by atoms with van der Waals surface area (Å²) in [5.74, 6) is -1.85. The number of nitrogens with two attached hydrogens (primary N) is 2. The van der Waals surface area contributed by atoms with E-state index in [0.717, 1.165) is 0 Å². The minimum Gasteiger partial charge on any atom is -0.387 e. The Balaban J connectivity index is 2.79. The summed E-state index contributed by atoms with van der Waals surface area (Å²) in [6.45, 7) is 1.30. The number of amides is 2. The van der Waals surface area contributed by atoms with Gasteiger partial charge in [-0.1, -0.05) is 0 Å². The van der Waals surface area contributed by atoms with Crippen LogP contribution in [0.3, 0.4) is 0 Å². The van der Waals surface area contributed by atoms with Gasteiger partial charge in [0.15, 0.2) is 12.4 Å². The van der Waals surface area contributed by atoms with Crippen molar-refractivity contribution in [2.45, 2.75) is 43.7 Å². The van der Waals surface area contributed by atoms with Crippen LogP contribution in [0.25, 0.3) is 0 Å². The molecule has 0 aromatic carbocycles. The predicted octanol–water partition coefficient (Wildman–Crippen LogP) is -3.83. The monoisotopic (exact) mass is 264 g/mol. The molecule has 2 amide bonds. The van der Waals surface area contributed by atoms with E-state index in [2.05, 4.69) is 0 Å². The molecule has 3 unspecified atom stereocenters. The van der Waals surface area contributed by atoms with E-state index in [1.807, 2.05) is 0 Å². The molecule has 0 saturated carbocycles. The summed E-state index contributed by atoms with van der Waals surface area (Å²) in [7, 11) is 0. The summed E-state index contributed by atoms with van der Waals surface area (Å²) in [5, 5.41) is 28.5. The van der Waals surface area contributed by atoms with Crippen molar-refractivity contribution in [1.82, 2.24) is 0 Å². The molecule has 0 aliphatic carbocycles. The third-order valence-electron chi connectivity index (χ3n) is 2.59. The summed E-state index contributed by atoms with van der Waals surface area (Å²) in [5.41, 5.74) is 9.90. The lowest BCUT2D eigenvalue weighted by molar-refractivity contribution is -0.296. The van der Waals surface area contributed by atoms with Crippen LogP contribution in [0.5, 0.6) is 0 Å². The van der Waals surface area contributed by atoms with Gasteiger partial charge in [-0.05, 0) is 6.92 Å². The Morgan fingerprint density at radius 3 is 2.17 bits per heavy atom. The lowest BCUT2D eigenvalue weighted by atomic mass is 9.98. The first-order chi connectivity index (χ1) is 8.25. The molecule has 18 heavy (non-hydrogen) atoms. The van der Waals surface area contributed by atoms with Crippen LogP contribution in [0.15, 0.2) is 0 Å². The maximum atomic E-state index is 11.0. The summed E-state index contributed by atoms with van der Waals surface area (Å²) in [6.07, 6.45) is -9.17. The van der Waals surface area contributed by atoms with Crippen molar-refractivity contribution in [3.63, 3.8) is 0 Å². The smallest absolute Gasteiger partial charge is 0.249 e. The maximum Gasteiger partial charge on any atom is 0.249 e. The minimum absolute atomic E-state index is 0.818. The number of aliphatic hydroxyl groups excluding tert-OH is 3. The molecule has 7 N–H and O–H groups in total. The highest BCUT2D eigenvalue weighted by atomic mass is 16.7. The normalized spacial score (nSPS) is 38.1. The number of hydrogen-bond donors (Lipinski definition) is 5. The topological polar surface area (TPSA) is 165 Å². The third-order valence-corrected chi connectivity index (χ3v) is 2.59. The molecule has 1 aliphatic heterocycles. The molecule has 1 saturated heterocycles. The lowest BCUT2D eigenvalue weighted by Crippen LogP contribution is -2.62. The highest BCUT2D eigenvalue weighted by Gasteiger charge is 2.47. The molecule has 1 rings (SSSR count). The van der Waals surface area contributed by atoms with Crippen molar-refractivity contribution < 1.29 is 34.4 Å². The van der Waals surface area contributed by atoms with Crippen molar-refractivity contribution >= 4 is 11.8 Å². The highest BCUT2D eigenvalue weighted by molar-refractivity contribution is 5.80. The second-order valence-electron chi connectivity index (χ2n) is 3.98. The zero-order valence-electron chi connectivity index (χ0n) is 9.59. The van der Waals surface area contributed by atoms with Crippen LogP contribution in [-0.2, 0) is 19.1 Å². The molecule has 9 nitrogen and oxygen atoms in total. The molecule has 1 fully saturated rings. The molecule has 1 aliphatic rings. The number of carbonyl (C=O) groups excluding carboxylic acids is 2. The number of carbonyl (C=O) groups is 2. The van der Waals surface area contributed by atoms with Crippen LogP contribution >= 0.6 is 0 Å². The largest absolute Gasteiger partial charge is 0.387 e. The fourth-order valence-electron chi connectivity index (χ4n) is 1.46. The van der Waals surface area contributed by atoms with Crippen LogP contribution in [0, 0.1) is 0 Å². The number of hydrogen-bond acceptors (Lipinski definition) is 7. The molecule has 1 heterocycles. The molecule has 0 aromatic rings. The van der Waals surface area contributed by atoms with Crippen LogP contribution in [0.4, 0.5) is 0 Å². The van der Waals surface area contributed by atoms with Crippen molar-refractivity contribution in [2.75, 3.05) is 0 Å². The standard InChI is InChI=1S/C9H16N2O7/c1-2(7(10)15)17-9-5(14)3(12)4(13)6(18-9)8(11)16/h2-6,9,12-14H,1H3,(H2,10,15)(H2,11,16)/t2?,3?,4-,5-,6?,9-/m0/s1. The molecule has 104 valence electrons. The van der Waals surface area contributed by atoms with Gasteiger partial charge in [-0.25, -0.2) is 0 Å². The lowest BCUT2D eigenvalue weighted by Gasteiger charge is -2.39. The van der Waals surface area contributed by atoms with Gasteiger partial charge in [0, 0.05) is 0 Å². The molecular formula is C9H16N2O7. The van der Waals surface area contributed by atoms with E-state index in [1.165, 1.54) is 6.92 Å². The van der Waals surface area contributed by atoms with Gasteiger partial charge in [-0.15, -0.1) is 0 Å². The van der Waals surface area contributed by atoms with Gasteiger partial charge in [0.1, 0.15) is 24.4 Å². The summed E-state index contributed by atoms with van der Waals surface area (Å²) < 4.78 is 9.84. The highest BCUT2D eigenvalue weighted by Crippen LogP contribution is 2.22. The van der Waals surface area contributed by atoms with E-state index in [-0.39, 0.29) is 0 Å². The number of primary amides is 2. The quantitative estimate of drug-likeness (QED) is 0.347. The van der Waals surface area contributed by atoms with Crippen molar-refractivity contribution in [3.05, 3.63) is 0 Å². The zero-order valence-corrected chi connectivity index (χ0v) is 9.59. The second-order valence-corrected chi connectivity index (χ2v) is 3.98. The SMILES string of the molecule is CC(O[C@H]1OC(C(N)=O)[C@@H](O)C(O)[C@@H]1O)C(N)=O. The van der Waals surface area contributed by atoms with Crippen molar-refractivity contribution in [2.24, 2.45) is 11.5 Å². The van der Waals surface area contributed by atoms with Crippen LogP contribution < -0.4 is 11.5 Å². The van der Waals surface area contributed by atoms with Crippen molar-refractivity contribution in [1.29, 1.82) is 0 Å². The molecule has 0 spiro atoms. The van der Waals surface area contributed by atoms with E-state index in [4.69, 9.17) is 20.9 Å². The molecule has 9 heteroatoms. The first-order valence-electron chi connectivity index (χ1n) is 5.19. The number of rotatable bonds is 4. The summed E-state index contributed by atoms with van der Waals surface area (Å²) in [6, 6.07) is 0. The van der Waals surface area contributed by atoms with Crippen LogP contribution in [0.2, 0.25) is 0 Å². The Morgan fingerprint density at radius 2 is 1.72 bits per heavy atom. The first-order valence-corrected chi connectivity index (χ1v) is 5.19. The van der Waals surface area contributed by atoms with Gasteiger partial charge >= 0.3 is 0 Å². The van der Waals surface area contributed by atoms with E-state index >= 15 is 0 Å². The van der Waals surface area contributed by atoms with E-state index < -0.39 is 48.6 Å². The number of aliphatic hydroxyl groups is 3. The van der Waals surface area contributed by atoms with Gasteiger partial charge in [0.25, 0.3) is 0 Å². The van der Waals surface area contributed by atoms with E-state index in [9.17, 15) is 24.9 Å². The van der Waals surface area contributed by atoms with Gasteiger partial charge in [0.05, 0.1) is 0 Å². The van der Waals surface area contributed by atoms with Gasteiger partial charge in [-0.2, -0.15) is 0 Å². The predicted molar refractivity (Wildman–Crippen MR) is 55.6 cm³/mol. The van der Waals surface area contributed by atoms with Crippen LogP contribution in [0.1, 0.15) is 6.92 Å². The van der Waals surface area contributed by atoms with Gasteiger partial charge < -0.3 is 36.3 Å².